The third-order valence-electron chi connectivity index (χ3n) is 2.21. The summed E-state index contributed by atoms with van der Waals surface area (Å²) >= 11 is 1.38. The van der Waals surface area contributed by atoms with Crippen molar-refractivity contribution in [1.29, 1.82) is 0 Å². The van der Waals surface area contributed by atoms with Crippen LogP contribution in [0.1, 0.15) is 32.7 Å². The van der Waals surface area contributed by atoms with Crippen molar-refractivity contribution in [1.82, 2.24) is 10.2 Å². The molecule has 6 heteroatoms. The summed E-state index contributed by atoms with van der Waals surface area (Å²) in [6, 6.07) is -0.554. The van der Waals surface area contributed by atoms with Crippen molar-refractivity contribution in [3.63, 3.8) is 0 Å². The fraction of sp³-hybridized carbons (Fsp3) is 0.700. The molecule has 1 aromatic rings. The first-order chi connectivity index (χ1) is 7.34. The Morgan fingerprint density at radius 2 is 2.12 bits per heavy atom. The third-order valence-corrected chi connectivity index (χ3v) is 3.20. The van der Waals surface area contributed by atoms with Gasteiger partial charge in [-0.25, -0.2) is 0 Å². The van der Waals surface area contributed by atoms with E-state index in [0.717, 1.165) is 11.4 Å². The van der Waals surface area contributed by atoms with E-state index in [4.69, 9.17) is 5.73 Å². The molecule has 0 radical (unpaired) electrons. The standard InChI is InChI=1S/C10H18N4OS/c1-5-6-13-14-9(16-6)12-8(15)7(11)10(2,3)4/h7H,5,11H2,1-4H3,(H,12,14,15). The Bertz CT molecular complexity index is 369. The molecule has 0 fully saturated rings. The smallest absolute Gasteiger partial charge is 0.243 e. The molecule has 90 valence electrons. The number of amides is 1. The van der Waals surface area contributed by atoms with E-state index in [2.05, 4.69) is 15.5 Å². The summed E-state index contributed by atoms with van der Waals surface area (Å²) in [5, 5.41) is 11.9. The van der Waals surface area contributed by atoms with Crippen LogP contribution in [-0.2, 0) is 11.2 Å². The molecule has 16 heavy (non-hydrogen) atoms. The summed E-state index contributed by atoms with van der Waals surface area (Å²) in [6.45, 7) is 7.77. The molecule has 3 N–H and O–H groups in total. The van der Waals surface area contributed by atoms with Gasteiger partial charge in [0, 0.05) is 0 Å². The van der Waals surface area contributed by atoms with Crippen LogP contribution in [0.5, 0.6) is 0 Å². The van der Waals surface area contributed by atoms with Crippen LogP contribution in [0.4, 0.5) is 5.13 Å². The van der Waals surface area contributed by atoms with E-state index in [0.29, 0.717) is 5.13 Å². The lowest BCUT2D eigenvalue weighted by molar-refractivity contribution is -0.119. The molecule has 0 saturated heterocycles. The first-order valence-corrected chi connectivity index (χ1v) is 6.05. The van der Waals surface area contributed by atoms with Crippen LogP contribution in [0.15, 0.2) is 0 Å². The van der Waals surface area contributed by atoms with Gasteiger partial charge in [-0.15, -0.1) is 10.2 Å². The van der Waals surface area contributed by atoms with Crippen molar-refractivity contribution in [2.24, 2.45) is 11.1 Å². The zero-order valence-corrected chi connectivity index (χ0v) is 10.9. The molecule has 0 spiro atoms. The monoisotopic (exact) mass is 242 g/mol. The molecule has 1 atom stereocenters. The predicted octanol–water partition coefficient (Wildman–Crippen LogP) is 1.41. The highest BCUT2D eigenvalue weighted by atomic mass is 32.1. The maximum absolute atomic E-state index is 11.8. The van der Waals surface area contributed by atoms with E-state index in [-0.39, 0.29) is 11.3 Å². The zero-order chi connectivity index (χ0) is 12.3. The minimum absolute atomic E-state index is 0.216. The molecule has 1 heterocycles. The summed E-state index contributed by atoms with van der Waals surface area (Å²) in [6.07, 6.45) is 0.818. The van der Waals surface area contributed by atoms with Crippen LogP contribution < -0.4 is 11.1 Å². The number of nitrogens with two attached hydrogens (primary N) is 1. The molecule has 1 aromatic heterocycles. The number of carbonyl (C=O) groups excluding carboxylic acids is 1. The van der Waals surface area contributed by atoms with Crippen LogP contribution in [0.3, 0.4) is 0 Å². The SMILES string of the molecule is CCc1nnc(NC(=O)C(N)C(C)(C)C)s1. The Hall–Kier alpha value is -1.01. The van der Waals surface area contributed by atoms with Crippen LogP contribution in [0.2, 0.25) is 0 Å². The molecule has 1 unspecified atom stereocenters. The fourth-order valence-corrected chi connectivity index (χ4v) is 1.71. The minimum Gasteiger partial charge on any atom is -0.319 e. The van der Waals surface area contributed by atoms with E-state index in [1.54, 1.807) is 0 Å². The van der Waals surface area contributed by atoms with Gasteiger partial charge >= 0.3 is 0 Å². The maximum Gasteiger partial charge on any atom is 0.243 e. The molecule has 5 nitrogen and oxygen atoms in total. The van der Waals surface area contributed by atoms with Crippen molar-refractivity contribution < 1.29 is 4.79 Å². The summed E-state index contributed by atoms with van der Waals surface area (Å²) in [5.74, 6) is -0.216. The second-order valence-electron chi connectivity index (χ2n) is 4.69. The highest BCUT2D eigenvalue weighted by molar-refractivity contribution is 7.15. The van der Waals surface area contributed by atoms with E-state index in [1.165, 1.54) is 11.3 Å². The number of carbonyl (C=O) groups is 1. The van der Waals surface area contributed by atoms with E-state index >= 15 is 0 Å². The lowest BCUT2D eigenvalue weighted by Crippen LogP contribution is -2.45. The number of hydrogen-bond donors (Lipinski definition) is 2. The van der Waals surface area contributed by atoms with Crippen molar-refractivity contribution in [2.45, 2.75) is 40.2 Å². The van der Waals surface area contributed by atoms with Gasteiger partial charge in [-0.3, -0.25) is 10.1 Å². The van der Waals surface area contributed by atoms with Crippen molar-refractivity contribution >= 4 is 22.4 Å². The normalized spacial score (nSPS) is 13.6. The Labute approximate surface area is 99.5 Å². The van der Waals surface area contributed by atoms with Crippen LogP contribution in [0.25, 0.3) is 0 Å². The van der Waals surface area contributed by atoms with Crippen molar-refractivity contribution in [2.75, 3.05) is 5.32 Å². The summed E-state index contributed by atoms with van der Waals surface area (Å²) in [5.41, 5.74) is 5.56. The average molecular weight is 242 g/mol. The number of rotatable bonds is 3. The first-order valence-electron chi connectivity index (χ1n) is 5.23. The lowest BCUT2D eigenvalue weighted by Gasteiger charge is -2.25. The van der Waals surface area contributed by atoms with Gasteiger partial charge in [0.05, 0.1) is 6.04 Å². The Kier molecular flexibility index (Phi) is 3.98. The topological polar surface area (TPSA) is 80.9 Å². The zero-order valence-electron chi connectivity index (χ0n) is 10.1. The van der Waals surface area contributed by atoms with Gasteiger partial charge in [-0.2, -0.15) is 0 Å². The summed E-state index contributed by atoms with van der Waals surface area (Å²) in [7, 11) is 0. The van der Waals surface area contributed by atoms with Crippen LogP contribution >= 0.6 is 11.3 Å². The molecule has 0 saturated carbocycles. The van der Waals surface area contributed by atoms with Gasteiger partial charge in [-0.05, 0) is 11.8 Å². The average Bonchev–Trinajstić information content (AvgIpc) is 2.63. The third kappa shape index (κ3) is 3.24. The number of nitrogens with zero attached hydrogens (tertiary/aromatic N) is 2. The molecular weight excluding hydrogens is 224 g/mol. The molecule has 0 aliphatic rings. The molecular formula is C10H18N4OS. The van der Waals surface area contributed by atoms with E-state index in [1.807, 2.05) is 27.7 Å². The molecule has 0 aliphatic heterocycles. The number of aromatic nitrogens is 2. The van der Waals surface area contributed by atoms with Gasteiger partial charge in [0.25, 0.3) is 0 Å². The van der Waals surface area contributed by atoms with Gasteiger partial charge in [-0.1, -0.05) is 39.0 Å². The lowest BCUT2D eigenvalue weighted by atomic mass is 9.87. The van der Waals surface area contributed by atoms with Gasteiger partial charge in [0.15, 0.2) is 0 Å². The molecule has 1 rings (SSSR count). The number of aryl methyl sites for hydroxylation is 1. The highest BCUT2D eigenvalue weighted by Crippen LogP contribution is 2.20. The van der Waals surface area contributed by atoms with Crippen LogP contribution in [-0.4, -0.2) is 22.1 Å². The van der Waals surface area contributed by atoms with E-state index < -0.39 is 6.04 Å². The largest absolute Gasteiger partial charge is 0.319 e. The molecule has 1 amide bonds. The Morgan fingerprint density at radius 3 is 2.56 bits per heavy atom. The Balaban J connectivity index is 2.64. The predicted molar refractivity (Wildman–Crippen MR) is 65.3 cm³/mol. The first kappa shape index (κ1) is 13.1. The Morgan fingerprint density at radius 1 is 1.50 bits per heavy atom. The molecule has 0 bridgehead atoms. The van der Waals surface area contributed by atoms with Gasteiger partial charge < -0.3 is 5.73 Å². The summed E-state index contributed by atoms with van der Waals surface area (Å²) in [4.78, 5) is 11.8. The highest BCUT2D eigenvalue weighted by Gasteiger charge is 2.28. The number of hydrogen-bond acceptors (Lipinski definition) is 5. The van der Waals surface area contributed by atoms with E-state index in [9.17, 15) is 4.79 Å². The summed E-state index contributed by atoms with van der Waals surface area (Å²) < 4.78 is 0. The van der Waals surface area contributed by atoms with Crippen molar-refractivity contribution in [3.8, 4) is 0 Å². The second-order valence-corrected chi connectivity index (χ2v) is 5.75. The number of anilines is 1. The van der Waals surface area contributed by atoms with Crippen LogP contribution in [0, 0.1) is 5.41 Å². The fourth-order valence-electron chi connectivity index (χ4n) is 1.02. The van der Waals surface area contributed by atoms with Gasteiger partial charge in [0.2, 0.25) is 11.0 Å². The quantitative estimate of drug-likeness (QED) is 0.839. The maximum atomic E-state index is 11.8. The van der Waals surface area contributed by atoms with Gasteiger partial charge in [0.1, 0.15) is 5.01 Å². The van der Waals surface area contributed by atoms with Crippen molar-refractivity contribution in [3.05, 3.63) is 5.01 Å². The minimum atomic E-state index is -0.554. The second kappa shape index (κ2) is 4.88. The number of nitrogens with one attached hydrogen (secondary N) is 1. The molecule has 0 aromatic carbocycles. The molecule has 0 aliphatic carbocycles.